The molecule has 0 spiro atoms. The van der Waals surface area contributed by atoms with Crippen LogP contribution in [0.2, 0.25) is 0 Å². The molecule has 1 aromatic rings. The summed E-state index contributed by atoms with van der Waals surface area (Å²) in [6.45, 7) is -0.223. The van der Waals surface area contributed by atoms with Crippen molar-refractivity contribution in [2.45, 2.75) is 25.4 Å². The number of nitrogens with one attached hydrogen (secondary N) is 2. The van der Waals surface area contributed by atoms with Crippen molar-refractivity contribution in [3.05, 3.63) is 17.7 Å². The number of carbonyl (C=O) groups is 1. The Kier molecular flexibility index (Phi) is 3.55. The molecule has 0 saturated carbocycles. The molecule has 0 bridgehead atoms. The Labute approximate surface area is 108 Å². The van der Waals surface area contributed by atoms with E-state index in [1.165, 1.54) is 0 Å². The van der Waals surface area contributed by atoms with E-state index in [0.717, 1.165) is 5.56 Å². The van der Waals surface area contributed by atoms with Crippen LogP contribution in [0.3, 0.4) is 0 Å². The van der Waals surface area contributed by atoms with E-state index >= 15 is 0 Å². The summed E-state index contributed by atoms with van der Waals surface area (Å²) in [6.07, 6.45) is -4.17. The van der Waals surface area contributed by atoms with E-state index in [4.69, 9.17) is 5.73 Å². The maximum Gasteiger partial charge on any atom is 0.390 e. The van der Waals surface area contributed by atoms with E-state index < -0.39 is 12.6 Å². The summed E-state index contributed by atoms with van der Waals surface area (Å²) in [4.78, 5) is 11.2. The lowest BCUT2D eigenvalue weighted by Gasteiger charge is -2.20. The highest BCUT2D eigenvalue weighted by molar-refractivity contribution is 5.95. The number of alkyl halides is 3. The molecular formula is C12H14F3N3O. The molecule has 4 nitrogen and oxygen atoms in total. The van der Waals surface area contributed by atoms with Crippen LogP contribution in [-0.2, 0) is 11.2 Å². The van der Waals surface area contributed by atoms with E-state index in [1.54, 1.807) is 12.1 Å². The summed E-state index contributed by atoms with van der Waals surface area (Å²) in [5.41, 5.74) is 8.05. The first-order chi connectivity index (χ1) is 8.85. The van der Waals surface area contributed by atoms with Crippen LogP contribution in [0.25, 0.3) is 0 Å². The first-order valence-corrected chi connectivity index (χ1v) is 5.88. The van der Waals surface area contributed by atoms with E-state index in [9.17, 15) is 18.0 Å². The average molecular weight is 273 g/mol. The Morgan fingerprint density at radius 3 is 2.74 bits per heavy atom. The minimum absolute atomic E-state index is 0.0790. The number of anilines is 3. The summed E-state index contributed by atoms with van der Waals surface area (Å²) in [5, 5.41) is 5.35. The first-order valence-electron chi connectivity index (χ1n) is 5.88. The quantitative estimate of drug-likeness (QED) is 0.741. The molecule has 1 heterocycles. The number of hydrogen-bond donors (Lipinski definition) is 3. The number of amides is 1. The zero-order valence-electron chi connectivity index (χ0n) is 10.1. The zero-order chi connectivity index (χ0) is 14.0. The highest BCUT2D eigenvalue weighted by atomic mass is 19.4. The molecule has 0 unspecified atom stereocenters. The predicted octanol–water partition coefficient (Wildman–Crippen LogP) is 2.52. The molecule has 1 amide bonds. The van der Waals surface area contributed by atoms with Crippen LogP contribution in [0.15, 0.2) is 12.1 Å². The van der Waals surface area contributed by atoms with Crippen molar-refractivity contribution in [2.75, 3.05) is 22.9 Å². The molecule has 0 saturated heterocycles. The SMILES string of the molecule is Nc1cc2c(cc1NCCC(F)(F)F)CCC(=O)N2. The van der Waals surface area contributed by atoms with Crippen LogP contribution in [0.5, 0.6) is 0 Å². The van der Waals surface area contributed by atoms with E-state index in [1.807, 2.05) is 0 Å². The predicted molar refractivity (Wildman–Crippen MR) is 67.0 cm³/mol. The minimum atomic E-state index is -4.19. The monoisotopic (exact) mass is 273 g/mol. The number of rotatable bonds is 3. The van der Waals surface area contributed by atoms with Gasteiger partial charge in [0, 0.05) is 18.7 Å². The lowest BCUT2D eigenvalue weighted by atomic mass is 10.0. The molecule has 19 heavy (non-hydrogen) atoms. The maximum atomic E-state index is 12.1. The van der Waals surface area contributed by atoms with Gasteiger partial charge in [-0.3, -0.25) is 4.79 Å². The summed E-state index contributed by atoms with van der Waals surface area (Å²) in [6, 6.07) is 3.27. The van der Waals surface area contributed by atoms with Gasteiger partial charge in [0.2, 0.25) is 5.91 Å². The van der Waals surface area contributed by atoms with Gasteiger partial charge in [-0.05, 0) is 24.1 Å². The Bertz CT molecular complexity index is 500. The molecule has 0 aromatic heterocycles. The third kappa shape index (κ3) is 3.52. The fourth-order valence-corrected chi connectivity index (χ4v) is 1.94. The van der Waals surface area contributed by atoms with Crippen molar-refractivity contribution in [3.8, 4) is 0 Å². The van der Waals surface area contributed by atoms with Gasteiger partial charge in [-0.15, -0.1) is 0 Å². The van der Waals surface area contributed by atoms with Gasteiger partial charge in [0.1, 0.15) is 0 Å². The van der Waals surface area contributed by atoms with Crippen molar-refractivity contribution in [1.29, 1.82) is 0 Å². The van der Waals surface area contributed by atoms with Crippen LogP contribution in [-0.4, -0.2) is 18.6 Å². The lowest BCUT2D eigenvalue weighted by molar-refractivity contribution is -0.131. The normalized spacial score (nSPS) is 14.8. The molecule has 0 aliphatic carbocycles. The largest absolute Gasteiger partial charge is 0.397 e. The zero-order valence-corrected chi connectivity index (χ0v) is 10.1. The van der Waals surface area contributed by atoms with Gasteiger partial charge in [0.15, 0.2) is 0 Å². The van der Waals surface area contributed by atoms with Gasteiger partial charge in [0.25, 0.3) is 0 Å². The molecule has 1 aromatic carbocycles. The Morgan fingerprint density at radius 1 is 1.32 bits per heavy atom. The second-order valence-corrected chi connectivity index (χ2v) is 4.44. The summed E-state index contributed by atoms with van der Waals surface area (Å²) >= 11 is 0. The highest BCUT2D eigenvalue weighted by Gasteiger charge is 2.26. The molecule has 2 rings (SSSR count). The minimum Gasteiger partial charge on any atom is -0.397 e. The topological polar surface area (TPSA) is 67.1 Å². The van der Waals surface area contributed by atoms with Gasteiger partial charge in [-0.2, -0.15) is 13.2 Å². The number of fused-ring (bicyclic) bond motifs is 1. The third-order valence-electron chi connectivity index (χ3n) is 2.89. The number of aryl methyl sites for hydroxylation is 1. The molecular weight excluding hydrogens is 259 g/mol. The van der Waals surface area contributed by atoms with Gasteiger partial charge >= 0.3 is 6.18 Å². The fraction of sp³-hybridized carbons (Fsp3) is 0.417. The van der Waals surface area contributed by atoms with Gasteiger partial charge in [0.05, 0.1) is 17.8 Å². The van der Waals surface area contributed by atoms with Crippen LogP contribution >= 0.6 is 0 Å². The van der Waals surface area contributed by atoms with Crippen LogP contribution in [0.4, 0.5) is 30.2 Å². The number of nitrogens with two attached hydrogens (primary N) is 1. The molecule has 4 N–H and O–H groups in total. The third-order valence-corrected chi connectivity index (χ3v) is 2.89. The van der Waals surface area contributed by atoms with Crippen molar-refractivity contribution in [3.63, 3.8) is 0 Å². The summed E-state index contributed by atoms with van der Waals surface area (Å²) < 4.78 is 36.2. The second kappa shape index (κ2) is 4.99. The van der Waals surface area contributed by atoms with Crippen LogP contribution in [0, 0.1) is 0 Å². The van der Waals surface area contributed by atoms with Crippen molar-refractivity contribution in [1.82, 2.24) is 0 Å². The first kappa shape index (κ1) is 13.5. The highest BCUT2D eigenvalue weighted by Crippen LogP contribution is 2.31. The number of benzene rings is 1. The molecule has 0 radical (unpaired) electrons. The van der Waals surface area contributed by atoms with Gasteiger partial charge in [-0.1, -0.05) is 0 Å². The molecule has 0 fully saturated rings. The Balaban J connectivity index is 2.08. The van der Waals surface area contributed by atoms with E-state index in [-0.39, 0.29) is 12.5 Å². The lowest BCUT2D eigenvalue weighted by Crippen LogP contribution is -2.20. The second-order valence-electron chi connectivity index (χ2n) is 4.44. The summed E-state index contributed by atoms with van der Waals surface area (Å²) in [7, 11) is 0. The molecule has 1 aliphatic rings. The van der Waals surface area contributed by atoms with Gasteiger partial charge in [-0.25, -0.2) is 0 Å². The fourth-order valence-electron chi connectivity index (χ4n) is 1.94. The van der Waals surface area contributed by atoms with Crippen molar-refractivity contribution < 1.29 is 18.0 Å². The van der Waals surface area contributed by atoms with E-state index in [2.05, 4.69) is 10.6 Å². The smallest absolute Gasteiger partial charge is 0.390 e. The van der Waals surface area contributed by atoms with Gasteiger partial charge < -0.3 is 16.4 Å². The molecule has 7 heteroatoms. The maximum absolute atomic E-state index is 12.1. The van der Waals surface area contributed by atoms with Crippen LogP contribution in [0.1, 0.15) is 18.4 Å². The van der Waals surface area contributed by atoms with Crippen molar-refractivity contribution >= 4 is 23.0 Å². The molecule has 104 valence electrons. The standard InChI is InChI=1S/C12H14F3N3O/c13-12(14,15)3-4-17-10-5-7-1-2-11(19)18-9(7)6-8(10)16/h5-6,17H,1-4,16H2,(H,18,19). The Morgan fingerprint density at radius 2 is 2.05 bits per heavy atom. The van der Waals surface area contributed by atoms with Crippen molar-refractivity contribution in [2.24, 2.45) is 0 Å². The van der Waals surface area contributed by atoms with Crippen LogP contribution < -0.4 is 16.4 Å². The number of hydrogen-bond acceptors (Lipinski definition) is 3. The molecule has 1 aliphatic heterocycles. The van der Waals surface area contributed by atoms with E-state index in [0.29, 0.717) is 29.9 Å². The number of carbonyl (C=O) groups excluding carboxylic acids is 1. The number of halogens is 3. The number of nitrogen functional groups attached to an aromatic ring is 1. The average Bonchev–Trinajstić information content (AvgIpc) is 2.28. The summed E-state index contributed by atoms with van der Waals surface area (Å²) in [5.74, 6) is -0.0790. The molecule has 0 atom stereocenters. The Hall–Kier alpha value is -1.92.